The van der Waals surface area contributed by atoms with Gasteiger partial charge in [-0.25, -0.2) is 0 Å². The quantitative estimate of drug-likeness (QED) is 0.797. The average molecular weight is 326 g/mol. The molecule has 3 fully saturated rings. The number of likely N-dealkylation sites (tertiary alicyclic amines) is 3. The van der Waals surface area contributed by atoms with Crippen molar-refractivity contribution in [3.05, 3.63) is 0 Å². The molecule has 22 heavy (non-hydrogen) atoms. The number of piperidine rings is 2. The highest BCUT2D eigenvalue weighted by Gasteiger charge is 2.45. The maximum atomic E-state index is 4.58. The molecular formula is C18H35N3S. The molecule has 0 aliphatic carbocycles. The van der Waals surface area contributed by atoms with E-state index in [1.165, 1.54) is 71.5 Å². The molecule has 0 N–H and O–H groups in total. The van der Waals surface area contributed by atoms with Gasteiger partial charge in [0.05, 0.1) is 0 Å². The lowest BCUT2D eigenvalue weighted by atomic mass is 9.71. The van der Waals surface area contributed by atoms with Gasteiger partial charge in [0.1, 0.15) is 0 Å². The second-order valence-corrected chi connectivity index (χ2v) is 9.16. The van der Waals surface area contributed by atoms with Gasteiger partial charge in [0.25, 0.3) is 0 Å². The Labute approximate surface area is 142 Å². The molecule has 0 amide bonds. The van der Waals surface area contributed by atoms with E-state index in [2.05, 4.69) is 48.1 Å². The largest absolute Gasteiger partial charge is 0.302 e. The highest BCUT2D eigenvalue weighted by Crippen LogP contribution is 2.41. The molecule has 1 unspecified atom stereocenters. The van der Waals surface area contributed by atoms with Crippen LogP contribution in [0.4, 0.5) is 0 Å². The van der Waals surface area contributed by atoms with Gasteiger partial charge < -0.3 is 9.80 Å². The fraction of sp³-hybridized carbons (Fsp3) is 1.00. The van der Waals surface area contributed by atoms with Gasteiger partial charge in [-0.05, 0) is 84.0 Å². The van der Waals surface area contributed by atoms with Crippen LogP contribution in [0.1, 0.15) is 46.5 Å². The van der Waals surface area contributed by atoms with E-state index in [1.807, 2.05) is 0 Å². The highest BCUT2D eigenvalue weighted by molar-refractivity contribution is 7.80. The molecule has 0 aromatic carbocycles. The minimum atomic E-state index is 0.430. The van der Waals surface area contributed by atoms with Crippen LogP contribution in [0.2, 0.25) is 0 Å². The molecule has 3 saturated heterocycles. The third-order valence-corrected chi connectivity index (χ3v) is 6.73. The van der Waals surface area contributed by atoms with Crippen LogP contribution in [0, 0.1) is 11.3 Å². The van der Waals surface area contributed by atoms with Crippen LogP contribution in [0.5, 0.6) is 0 Å². The summed E-state index contributed by atoms with van der Waals surface area (Å²) < 4.78 is 0. The fourth-order valence-electron chi connectivity index (χ4n) is 4.74. The van der Waals surface area contributed by atoms with Gasteiger partial charge in [-0.2, -0.15) is 12.6 Å². The molecule has 0 saturated carbocycles. The van der Waals surface area contributed by atoms with E-state index in [-0.39, 0.29) is 0 Å². The first-order valence-electron chi connectivity index (χ1n) is 9.36. The molecule has 3 heterocycles. The van der Waals surface area contributed by atoms with Crippen LogP contribution in [0.15, 0.2) is 0 Å². The summed E-state index contributed by atoms with van der Waals surface area (Å²) in [7, 11) is 0. The normalized spacial score (nSPS) is 29.9. The zero-order chi connectivity index (χ0) is 15.7. The Bertz CT molecular complexity index is 345. The first-order chi connectivity index (χ1) is 10.5. The van der Waals surface area contributed by atoms with Gasteiger partial charge in [0, 0.05) is 31.0 Å². The van der Waals surface area contributed by atoms with Crippen LogP contribution in [0.25, 0.3) is 0 Å². The van der Waals surface area contributed by atoms with Gasteiger partial charge in [0.15, 0.2) is 0 Å². The molecule has 128 valence electrons. The SMILES string of the molecule is CC(C)N1CCC(CN2CC3(CCN(C(C)S)CC3)C2)CC1. The maximum Gasteiger partial charge on any atom is 0.0499 e. The Hall–Kier alpha value is 0.230. The van der Waals surface area contributed by atoms with Crippen LogP contribution in [-0.2, 0) is 0 Å². The molecule has 0 aromatic rings. The zero-order valence-corrected chi connectivity index (χ0v) is 15.7. The average Bonchev–Trinajstić information content (AvgIpc) is 2.46. The number of hydrogen-bond donors (Lipinski definition) is 1. The van der Waals surface area contributed by atoms with Crippen molar-refractivity contribution in [3.8, 4) is 0 Å². The summed E-state index contributed by atoms with van der Waals surface area (Å²) >= 11 is 4.58. The van der Waals surface area contributed by atoms with E-state index >= 15 is 0 Å². The summed E-state index contributed by atoms with van der Waals surface area (Å²) in [5.74, 6) is 0.949. The van der Waals surface area contributed by atoms with Crippen molar-refractivity contribution >= 4 is 12.6 Å². The fourth-order valence-corrected chi connectivity index (χ4v) is 4.97. The number of hydrogen-bond acceptors (Lipinski definition) is 4. The zero-order valence-electron chi connectivity index (χ0n) is 14.8. The van der Waals surface area contributed by atoms with Gasteiger partial charge in [-0.3, -0.25) is 4.90 Å². The second-order valence-electron chi connectivity index (χ2n) is 8.41. The van der Waals surface area contributed by atoms with Crippen molar-refractivity contribution in [1.29, 1.82) is 0 Å². The van der Waals surface area contributed by atoms with Crippen LogP contribution < -0.4 is 0 Å². The minimum absolute atomic E-state index is 0.430. The Morgan fingerprint density at radius 3 is 2.05 bits per heavy atom. The van der Waals surface area contributed by atoms with Crippen molar-refractivity contribution in [2.75, 3.05) is 45.8 Å². The first kappa shape index (κ1) is 17.1. The Morgan fingerprint density at radius 2 is 1.55 bits per heavy atom. The lowest BCUT2D eigenvalue weighted by molar-refractivity contribution is -0.0579. The summed E-state index contributed by atoms with van der Waals surface area (Å²) in [4.78, 5) is 7.91. The van der Waals surface area contributed by atoms with Gasteiger partial charge in [-0.15, -0.1) is 0 Å². The van der Waals surface area contributed by atoms with Gasteiger partial charge >= 0.3 is 0 Å². The minimum Gasteiger partial charge on any atom is -0.302 e. The van der Waals surface area contributed by atoms with Gasteiger partial charge in [-0.1, -0.05) is 0 Å². The molecule has 1 atom stereocenters. The second kappa shape index (κ2) is 7.00. The van der Waals surface area contributed by atoms with E-state index in [0.29, 0.717) is 10.8 Å². The van der Waals surface area contributed by atoms with Crippen LogP contribution in [-0.4, -0.2) is 71.9 Å². The molecule has 3 rings (SSSR count). The summed E-state index contributed by atoms with van der Waals surface area (Å²) in [6, 6.07) is 0.729. The lowest BCUT2D eigenvalue weighted by Crippen LogP contribution is -2.61. The van der Waals surface area contributed by atoms with E-state index in [0.717, 1.165) is 12.0 Å². The Balaban J connectivity index is 1.36. The predicted molar refractivity (Wildman–Crippen MR) is 97.6 cm³/mol. The van der Waals surface area contributed by atoms with Crippen molar-refractivity contribution in [2.45, 2.75) is 57.9 Å². The molecule has 0 aromatic heterocycles. The molecule has 0 bridgehead atoms. The molecular weight excluding hydrogens is 290 g/mol. The van der Waals surface area contributed by atoms with Crippen LogP contribution in [0.3, 0.4) is 0 Å². The van der Waals surface area contributed by atoms with E-state index in [9.17, 15) is 0 Å². The lowest BCUT2D eigenvalue weighted by Gasteiger charge is -2.55. The summed E-state index contributed by atoms with van der Waals surface area (Å²) in [5, 5.41) is 0.430. The van der Waals surface area contributed by atoms with Crippen LogP contribution >= 0.6 is 12.6 Å². The third-order valence-electron chi connectivity index (χ3n) is 6.40. The maximum absolute atomic E-state index is 4.58. The third kappa shape index (κ3) is 3.82. The molecule has 0 radical (unpaired) electrons. The van der Waals surface area contributed by atoms with Crippen molar-refractivity contribution in [2.24, 2.45) is 11.3 Å². The molecule has 3 aliphatic rings. The first-order valence-corrected chi connectivity index (χ1v) is 9.88. The molecule has 3 nitrogen and oxygen atoms in total. The standard InChI is InChI=1S/C18H35N3S/c1-15(2)20-8-4-17(5-9-20)12-19-13-18(14-19)6-10-21(11-7-18)16(3)22/h15-17,22H,4-14H2,1-3H3. The summed E-state index contributed by atoms with van der Waals surface area (Å²) in [6.07, 6.45) is 5.60. The number of nitrogens with zero attached hydrogens (tertiary/aromatic N) is 3. The summed E-state index contributed by atoms with van der Waals surface area (Å²) in [6.45, 7) is 16.1. The van der Waals surface area contributed by atoms with E-state index in [4.69, 9.17) is 0 Å². The molecule has 4 heteroatoms. The summed E-state index contributed by atoms with van der Waals surface area (Å²) in [5.41, 5.74) is 0.664. The van der Waals surface area contributed by atoms with Crippen molar-refractivity contribution < 1.29 is 0 Å². The van der Waals surface area contributed by atoms with Crippen molar-refractivity contribution in [1.82, 2.24) is 14.7 Å². The molecule has 1 spiro atoms. The number of thiol groups is 1. The van der Waals surface area contributed by atoms with E-state index in [1.54, 1.807) is 0 Å². The highest BCUT2D eigenvalue weighted by atomic mass is 32.1. The number of rotatable bonds is 4. The monoisotopic (exact) mass is 325 g/mol. The van der Waals surface area contributed by atoms with Crippen molar-refractivity contribution in [3.63, 3.8) is 0 Å². The smallest absolute Gasteiger partial charge is 0.0499 e. The van der Waals surface area contributed by atoms with Gasteiger partial charge in [0.2, 0.25) is 0 Å². The predicted octanol–water partition coefficient (Wildman–Crippen LogP) is 2.78. The molecule has 3 aliphatic heterocycles. The topological polar surface area (TPSA) is 9.72 Å². The Kier molecular flexibility index (Phi) is 5.43. The Morgan fingerprint density at radius 1 is 0.955 bits per heavy atom. The van der Waals surface area contributed by atoms with E-state index < -0.39 is 0 Å².